The van der Waals surface area contributed by atoms with Crippen LogP contribution in [0.3, 0.4) is 0 Å². The highest BCUT2D eigenvalue weighted by molar-refractivity contribution is 5.38. The summed E-state index contributed by atoms with van der Waals surface area (Å²) in [5.74, 6) is 3.21. The molecule has 1 unspecified atom stereocenters. The van der Waals surface area contributed by atoms with E-state index < -0.39 is 0 Å². The molecule has 1 aromatic rings. The second-order valence-corrected chi connectivity index (χ2v) is 6.57. The molecule has 1 aliphatic rings. The molecular formula is C17H29N3. The lowest BCUT2D eigenvalue weighted by Crippen LogP contribution is -2.38. The zero-order valence-electron chi connectivity index (χ0n) is 13.1. The Labute approximate surface area is 123 Å². The fourth-order valence-corrected chi connectivity index (χ4v) is 3.58. The molecule has 1 aliphatic carbocycles. The van der Waals surface area contributed by atoms with Gasteiger partial charge in [0.05, 0.1) is 0 Å². The lowest BCUT2D eigenvalue weighted by atomic mass is 9.73. The summed E-state index contributed by atoms with van der Waals surface area (Å²) in [6.45, 7) is 4.72. The molecule has 1 heterocycles. The van der Waals surface area contributed by atoms with Crippen molar-refractivity contribution in [1.29, 1.82) is 0 Å². The highest BCUT2D eigenvalue weighted by Gasteiger charge is 2.28. The Hall–Kier alpha value is -1.09. The van der Waals surface area contributed by atoms with Crippen LogP contribution in [0.4, 0.5) is 5.82 Å². The number of rotatable bonds is 5. The predicted molar refractivity (Wildman–Crippen MR) is 85.5 cm³/mol. The lowest BCUT2D eigenvalue weighted by Gasteiger charge is -2.35. The van der Waals surface area contributed by atoms with Crippen LogP contribution in [0, 0.1) is 17.8 Å². The lowest BCUT2D eigenvalue weighted by molar-refractivity contribution is 0.191. The number of pyridine rings is 1. The van der Waals surface area contributed by atoms with Crippen molar-refractivity contribution in [3.8, 4) is 0 Å². The normalized spacial score (nSPS) is 24.8. The van der Waals surface area contributed by atoms with Crippen LogP contribution in [-0.2, 0) is 6.42 Å². The van der Waals surface area contributed by atoms with Crippen molar-refractivity contribution in [3.05, 3.63) is 23.9 Å². The van der Waals surface area contributed by atoms with Gasteiger partial charge < -0.3 is 11.1 Å². The van der Waals surface area contributed by atoms with E-state index in [1.165, 1.54) is 31.2 Å². The topological polar surface area (TPSA) is 50.9 Å². The minimum atomic E-state index is 0.523. The summed E-state index contributed by atoms with van der Waals surface area (Å²) >= 11 is 0. The van der Waals surface area contributed by atoms with Gasteiger partial charge in [0, 0.05) is 12.2 Å². The molecule has 0 aromatic carbocycles. The van der Waals surface area contributed by atoms with Gasteiger partial charge in [0.15, 0.2) is 0 Å². The quantitative estimate of drug-likeness (QED) is 0.867. The first-order valence-corrected chi connectivity index (χ1v) is 7.98. The van der Waals surface area contributed by atoms with Gasteiger partial charge in [-0.3, -0.25) is 0 Å². The first-order chi connectivity index (χ1) is 9.61. The van der Waals surface area contributed by atoms with Crippen molar-refractivity contribution in [3.63, 3.8) is 0 Å². The molecule has 0 spiro atoms. The smallest absolute Gasteiger partial charge is 0.126 e. The molecule has 0 radical (unpaired) electrons. The molecule has 3 nitrogen and oxygen atoms in total. The van der Waals surface area contributed by atoms with Crippen molar-refractivity contribution >= 4 is 5.82 Å². The number of nitrogens with zero attached hydrogens (tertiary/aromatic N) is 1. The van der Waals surface area contributed by atoms with Crippen LogP contribution in [0.25, 0.3) is 0 Å². The first kappa shape index (κ1) is 15.3. The maximum absolute atomic E-state index is 5.98. The van der Waals surface area contributed by atoms with Crippen LogP contribution in [0.2, 0.25) is 0 Å². The molecule has 1 atom stereocenters. The van der Waals surface area contributed by atoms with Crippen LogP contribution >= 0.6 is 0 Å². The second-order valence-electron chi connectivity index (χ2n) is 6.57. The van der Waals surface area contributed by atoms with Crippen molar-refractivity contribution in [1.82, 2.24) is 10.3 Å². The van der Waals surface area contributed by atoms with Gasteiger partial charge >= 0.3 is 0 Å². The van der Waals surface area contributed by atoms with Gasteiger partial charge in [-0.05, 0) is 68.5 Å². The third kappa shape index (κ3) is 3.72. The fourth-order valence-electron chi connectivity index (χ4n) is 3.58. The van der Waals surface area contributed by atoms with Gasteiger partial charge in [-0.1, -0.05) is 19.9 Å². The second kappa shape index (κ2) is 7.07. The SMILES string of the molecule is CNC(Cc1cccnc1N)C1CCC(C(C)C)CC1. The fraction of sp³-hybridized carbons (Fsp3) is 0.706. The third-order valence-corrected chi connectivity index (χ3v) is 5.07. The molecule has 1 saturated carbocycles. The van der Waals surface area contributed by atoms with E-state index >= 15 is 0 Å². The minimum Gasteiger partial charge on any atom is -0.383 e. The minimum absolute atomic E-state index is 0.523. The Balaban J connectivity index is 1.95. The number of hydrogen-bond acceptors (Lipinski definition) is 3. The van der Waals surface area contributed by atoms with Gasteiger partial charge in [0.25, 0.3) is 0 Å². The number of nitrogens with one attached hydrogen (secondary N) is 1. The molecule has 1 aromatic heterocycles. The molecule has 0 saturated heterocycles. The Bertz CT molecular complexity index is 408. The standard InChI is InChI=1S/C17H29N3/c1-12(2)13-6-8-14(9-7-13)16(19-3)11-15-5-4-10-20-17(15)18/h4-5,10,12-14,16,19H,6-9,11H2,1-3H3,(H2,18,20). The molecule has 2 rings (SSSR count). The van der Waals surface area contributed by atoms with Crippen LogP contribution in [0.5, 0.6) is 0 Å². The Morgan fingerprint density at radius 3 is 2.45 bits per heavy atom. The molecule has 0 bridgehead atoms. The monoisotopic (exact) mass is 275 g/mol. The predicted octanol–water partition coefficient (Wildman–Crippen LogP) is 3.26. The maximum atomic E-state index is 5.98. The van der Waals surface area contributed by atoms with E-state index in [0.717, 1.165) is 24.2 Å². The van der Waals surface area contributed by atoms with E-state index in [0.29, 0.717) is 11.9 Å². The van der Waals surface area contributed by atoms with E-state index in [9.17, 15) is 0 Å². The molecule has 112 valence electrons. The van der Waals surface area contributed by atoms with E-state index in [1.54, 1.807) is 6.20 Å². The third-order valence-electron chi connectivity index (χ3n) is 5.07. The highest BCUT2D eigenvalue weighted by atomic mass is 14.9. The van der Waals surface area contributed by atoms with Crippen molar-refractivity contribution in [2.45, 2.75) is 52.0 Å². The first-order valence-electron chi connectivity index (χ1n) is 7.98. The van der Waals surface area contributed by atoms with Gasteiger partial charge in [0.1, 0.15) is 5.82 Å². The maximum Gasteiger partial charge on any atom is 0.126 e. The van der Waals surface area contributed by atoms with Crippen molar-refractivity contribution in [2.24, 2.45) is 17.8 Å². The van der Waals surface area contributed by atoms with Crippen molar-refractivity contribution in [2.75, 3.05) is 12.8 Å². The van der Waals surface area contributed by atoms with Crippen LogP contribution < -0.4 is 11.1 Å². The summed E-state index contributed by atoms with van der Waals surface area (Å²) in [6.07, 6.45) is 8.20. The van der Waals surface area contributed by atoms with Crippen molar-refractivity contribution < 1.29 is 0 Å². The summed E-state index contributed by atoms with van der Waals surface area (Å²) in [5, 5.41) is 3.51. The van der Waals surface area contributed by atoms with Crippen LogP contribution in [0.1, 0.15) is 45.1 Å². The molecule has 0 aliphatic heterocycles. The number of anilines is 1. The number of likely N-dealkylation sites (N-methyl/N-ethyl adjacent to an activating group) is 1. The van der Waals surface area contributed by atoms with Gasteiger partial charge in [-0.2, -0.15) is 0 Å². The number of aromatic nitrogens is 1. The molecule has 20 heavy (non-hydrogen) atoms. The summed E-state index contributed by atoms with van der Waals surface area (Å²) in [7, 11) is 2.08. The Kier molecular flexibility index (Phi) is 5.41. The zero-order chi connectivity index (χ0) is 14.5. The summed E-state index contributed by atoms with van der Waals surface area (Å²) < 4.78 is 0. The number of hydrogen-bond donors (Lipinski definition) is 2. The molecular weight excluding hydrogens is 246 g/mol. The van der Waals surface area contributed by atoms with Gasteiger partial charge in [-0.15, -0.1) is 0 Å². The molecule has 0 amide bonds. The summed E-state index contributed by atoms with van der Waals surface area (Å²) in [5.41, 5.74) is 7.15. The average Bonchev–Trinajstić information content (AvgIpc) is 2.46. The largest absolute Gasteiger partial charge is 0.383 e. The Morgan fingerprint density at radius 1 is 1.25 bits per heavy atom. The van der Waals surface area contributed by atoms with E-state index in [2.05, 4.69) is 37.3 Å². The number of nitrogens with two attached hydrogens (primary N) is 1. The van der Waals surface area contributed by atoms with E-state index in [-0.39, 0.29) is 0 Å². The molecule has 3 N–H and O–H groups in total. The average molecular weight is 275 g/mol. The van der Waals surface area contributed by atoms with E-state index in [4.69, 9.17) is 5.73 Å². The van der Waals surface area contributed by atoms with Gasteiger partial charge in [0.2, 0.25) is 0 Å². The molecule has 1 fully saturated rings. The van der Waals surface area contributed by atoms with Crippen LogP contribution in [0.15, 0.2) is 18.3 Å². The van der Waals surface area contributed by atoms with Gasteiger partial charge in [-0.25, -0.2) is 4.98 Å². The highest BCUT2D eigenvalue weighted by Crippen LogP contribution is 2.35. The Morgan fingerprint density at radius 2 is 1.90 bits per heavy atom. The van der Waals surface area contributed by atoms with Crippen LogP contribution in [-0.4, -0.2) is 18.1 Å². The van der Waals surface area contributed by atoms with E-state index in [1.807, 2.05) is 6.07 Å². The zero-order valence-corrected chi connectivity index (χ0v) is 13.1. The molecule has 3 heteroatoms. The summed E-state index contributed by atoms with van der Waals surface area (Å²) in [6, 6.07) is 4.61. The number of nitrogen functional groups attached to an aromatic ring is 1. The summed E-state index contributed by atoms with van der Waals surface area (Å²) in [4.78, 5) is 4.20.